The fraction of sp³-hybridized carbons (Fsp3) is 0.484. The third-order valence-electron chi connectivity index (χ3n) is 8.49. The largest absolute Gasteiger partial charge is 0.374 e. The molecule has 5 rings (SSSR count). The number of halogens is 1. The first-order chi connectivity index (χ1) is 19.8. The topological polar surface area (TPSA) is 81.6 Å². The van der Waals surface area contributed by atoms with Crippen LogP contribution in [0.2, 0.25) is 5.02 Å². The van der Waals surface area contributed by atoms with Crippen LogP contribution in [0.3, 0.4) is 0 Å². The number of benzene rings is 1. The van der Waals surface area contributed by atoms with Gasteiger partial charge in [0, 0.05) is 39.3 Å². The molecule has 2 amide bonds. The van der Waals surface area contributed by atoms with Crippen molar-refractivity contribution in [2.24, 2.45) is 4.99 Å². The van der Waals surface area contributed by atoms with Gasteiger partial charge in [-0.2, -0.15) is 0 Å². The van der Waals surface area contributed by atoms with E-state index in [-0.39, 0.29) is 24.1 Å². The summed E-state index contributed by atoms with van der Waals surface area (Å²) in [5, 5.41) is 0.510. The van der Waals surface area contributed by atoms with Crippen LogP contribution < -0.4 is 9.80 Å². The van der Waals surface area contributed by atoms with Gasteiger partial charge in [0.15, 0.2) is 5.82 Å². The van der Waals surface area contributed by atoms with Gasteiger partial charge in [0.25, 0.3) is 0 Å². The molecular formula is C31H39ClN6O3. The summed E-state index contributed by atoms with van der Waals surface area (Å²) in [6.07, 6.45) is 4.85. The number of aromatic nitrogens is 1. The van der Waals surface area contributed by atoms with Gasteiger partial charge >= 0.3 is 0 Å². The van der Waals surface area contributed by atoms with Gasteiger partial charge in [0.1, 0.15) is 11.7 Å². The molecule has 10 heteroatoms. The molecule has 3 saturated heterocycles. The van der Waals surface area contributed by atoms with E-state index in [1.807, 2.05) is 12.1 Å². The van der Waals surface area contributed by atoms with Gasteiger partial charge in [-0.05, 0) is 49.5 Å². The highest BCUT2D eigenvalue weighted by atomic mass is 35.5. The number of aryl methyl sites for hydroxylation is 2. The fourth-order valence-electron chi connectivity index (χ4n) is 6.42. The lowest BCUT2D eigenvalue weighted by Gasteiger charge is -2.42. The van der Waals surface area contributed by atoms with Crippen molar-refractivity contribution in [1.29, 1.82) is 0 Å². The first-order valence-corrected chi connectivity index (χ1v) is 14.8. The summed E-state index contributed by atoms with van der Waals surface area (Å²) in [5.41, 5.74) is 3.66. The minimum Gasteiger partial charge on any atom is -0.374 e. The zero-order chi connectivity index (χ0) is 29.3. The monoisotopic (exact) mass is 578 g/mol. The summed E-state index contributed by atoms with van der Waals surface area (Å²) in [6.45, 7) is 12.9. The van der Waals surface area contributed by atoms with Gasteiger partial charge < -0.3 is 19.4 Å². The Morgan fingerprint density at radius 3 is 2.51 bits per heavy atom. The van der Waals surface area contributed by atoms with Crippen molar-refractivity contribution in [2.45, 2.75) is 58.2 Å². The number of hydrogen-bond acceptors (Lipinski definition) is 6. The van der Waals surface area contributed by atoms with Crippen LogP contribution in [0.1, 0.15) is 43.9 Å². The molecule has 1 aromatic carbocycles. The van der Waals surface area contributed by atoms with Crippen LogP contribution in [0, 0.1) is 0 Å². The van der Waals surface area contributed by atoms with Crippen LogP contribution in [0.5, 0.6) is 0 Å². The molecule has 218 valence electrons. The van der Waals surface area contributed by atoms with E-state index in [1.54, 1.807) is 16.8 Å². The van der Waals surface area contributed by atoms with Crippen molar-refractivity contribution in [2.75, 3.05) is 49.6 Å². The number of para-hydroxylation sites is 1. The van der Waals surface area contributed by atoms with Crippen molar-refractivity contribution in [1.82, 2.24) is 14.8 Å². The van der Waals surface area contributed by atoms with Crippen molar-refractivity contribution < 1.29 is 14.3 Å². The standard InChI is InChI=1S/C31H39ClN6O3/c1-6-21-10-9-11-22(7-2)28(21)38(19-39)30-25(15-26(32)31(34-30)37-17-24-14-23(37)18-41-24)29(33-5)36-13-12-35(16-20(36)4)27(40)8-3/h8-11,15,19-20,23-24H,3,6-7,12-14,16-18H2,1-2,4-5H3. The molecule has 41 heavy (non-hydrogen) atoms. The molecule has 0 saturated carbocycles. The summed E-state index contributed by atoms with van der Waals surface area (Å²) < 4.78 is 5.84. The summed E-state index contributed by atoms with van der Waals surface area (Å²) >= 11 is 7.00. The Kier molecular flexibility index (Phi) is 8.66. The number of carbonyl (C=O) groups excluding carboxylic acids is 2. The zero-order valence-electron chi connectivity index (χ0n) is 24.3. The van der Waals surface area contributed by atoms with Gasteiger partial charge in [-0.3, -0.25) is 19.5 Å². The highest BCUT2D eigenvalue weighted by molar-refractivity contribution is 6.33. The van der Waals surface area contributed by atoms with Crippen LogP contribution in [0.4, 0.5) is 17.3 Å². The van der Waals surface area contributed by atoms with E-state index < -0.39 is 0 Å². The van der Waals surface area contributed by atoms with E-state index >= 15 is 0 Å². The fourth-order valence-corrected chi connectivity index (χ4v) is 6.68. The number of amidine groups is 1. The molecule has 2 aromatic rings. The van der Waals surface area contributed by atoms with Crippen molar-refractivity contribution in [3.05, 3.63) is 58.6 Å². The van der Waals surface area contributed by atoms with Crippen LogP contribution >= 0.6 is 11.6 Å². The molecule has 4 heterocycles. The molecule has 3 fully saturated rings. The summed E-state index contributed by atoms with van der Waals surface area (Å²) in [4.78, 5) is 43.1. The molecule has 2 bridgehead atoms. The van der Waals surface area contributed by atoms with E-state index in [0.717, 1.165) is 42.5 Å². The first kappa shape index (κ1) is 29.1. The highest BCUT2D eigenvalue weighted by Gasteiger charge is 2.41. The van der Waals surface area contributed by atoms with E-state index in [1.165, 1.54) is 6.08 Å². The number of ether oxygens (including phenoxy) is 1. The molecule has 0 N–H and O–H groups in total. The smallest absolute Gasteiger partial charge is 0.246 e. The lowest BCUT2D eigenvalue weighted by atomic mass is 10.0. The second-order valence-corrected chi connectivity index (χ2v) is 11.3. The average Bonchev–Trinajstić information content (AvgIpc) is 3.63. The number of rotatable bonds is 8. The maximum Gasteiger partial charge on any atom is 0.246 e. The molecule has 3 unspecified atom stereocenters. The average molecular weight is 579 g/mol. The Morgan fingerprint density at radius 1 is 1.24 bits per heavy atom. The minimum absolute atomic E-state index is 0.0251. The maximum absolute atomic E-state index is 13.1. The second-order valence-electron chi connectivity index (χ2n) is 10.8. The third kappa shape index (κ3) is 5.33. The van der Waals surface area contributed by atoms with Crippen molar-refractivity contribution >= 4 is 47.1 Å². The van der Waals surface area contributed by atoms with Crippen molar-refractivity contribution in [3.8, 4) is 0 Å². The normalized spacial score (nSPS) is 22.3. The van der Waals surface area contributed by atoms with Crippen LogP contribution in [0.15, 0.2) is 41.9 Å². The molecule has 3 aliphatic heterocycles. The number of nitrogens with zero attached hydrogens (tertiary/aromatic N) is 6. The van der Waals surface area contributed by atoms with Gasteiger partial charge in [-0.25, -0.2) is 4.98 Å². The first-order valence-electron chi connectivity index (χ1n) is 14.4. The van der Waals surface area contributed by atoms with Gasteiger partial charge in [0.2, 0.25) is 12.3 Å². The van der Waals surface area contributed by atoms with Gasteiger partial charge in [0.05, 0.1) is 35.0 Å². The number of fused-ring (bicyclic) bond motifs is 2. The number of morpholine rings is 1. The maximum atomic E-state index is 13.1. The molecular weight excluding hydrogens is 540 g/mol. The number of pyridine rings is 1. The van der Waals surface area contributed by atoms with E-state index in [9.17, 15) is 9.59 Å². The molecule has 0 spiro atoms. The molecule has 1 aromatic heterocycles. The Labute approximate surface area is 247 Å². The number of piperazine rings is 1. The molecule has 3 aliphatic rings. The predicted molar refractivity (Wildman–Crippen MR) is 164 cm³/mol. The Balaban J connectivity index is 1.65. The van der Waals surface area contributed by atoms with E-state index in [4.69, 9.17) is 26.3 Å². The summed E-state index contributed by atoms with van der Waals surface area (Å²) in [5.74, 6) is 1.76. The third-order valence-corrected chi connectivity index (χ3v) is 8.77. The Morgan fingerprint density at radius 2 is 1.98 bits per heavy atom. The number of amides is 2. The van der Waals surface area contributed by atoms with Gasteiger partial charge in [-0.1, -0.05) is 50.2 Å². The predicted octanol–water partition coefficient (Wildman–Crippen LogP) is 4.23. The van der Waals surface area contributed by atoms with Crippen LogP contribution in [-0.4, -0.2) is 91.0 Å². The lowest BCUT2D eigenvalue weighted by molar-refractivity contribution is -0.128. The number of aliphatic imine (C=N–C) groups is 1. The van der Waals surface area contributed by atoms with Gasteiger partial charge in [-0.15, -0.1) is 0 Å². The SMILES string of the molecule is C=CC(=O)N1CCN(C(=NC)c2cc(Cl)c(N3CC4CC3CO4)nc2N(C=O)c2c(CC)cccc2CC)C(C)C1. The van der Waals surface area contributed by atoms with E-state index in [0.29, 0.717) is 60.8 Å². The molecule has 0 radical (unpaired) electrons. The van der Waals surface area contributed by atoms with E-state index in [2.05, 4.69) is 49.3 Å². The van der Waals surface area contributed by atoms with Crippen LogP contribution in [-0.2, 0) is 27.2 Å². The quantitative estimate of drug-likeness (QED) is 0.202. The zero-order valence-corrected chi connectivity index (χ0v) is 25.1. The molecule has 0 aliphatic carbocycles. The summed E-state index contributed by atoms with van der Waals surface area (Å²) in [7, 11) is 1.74. The van der Waals surface area contributed by atoms with Crippen molar-refractivity contribution in [3.63, 3.8) is 0 Å². The lowest BCUT2D eigenvalue weighted by Crippen LogP contribution is -2.55. The van der Waals surface area contributed by atoms with Crippen LogP contribution in [0.25, 0.3) is 0 Å². The highest BCUT2D eigenvalue weighted by Crippen LogP contribution is 2.41. The second kappa shape index (κ2) is 12.2. The Bertz CT molecular complexity index is 1340. The number of carbonyl (C=O) groups is 2. The number of anilines is 3. The number of hydrogen-bond donors (Lipinski definition) is 0. The molecule has 3 atom stereocenters. The minimum atomic E-state index is -0.0828. The Hall–Kier alpha value is -3.43. The molecule has 9 nitrogen and oxygen atoms in total. The summed E-state index contributed by atoms with van der Waals surface area (Å²) in [6, 6.07) is 8.24.